The number of likely N-dealkylation sites (N-methyl/N-ethyl adjacent to an activating group) is 1. The number of Topliss-reactive ketones (excluding diaryl/α,β-unsaturated/α-hetero) is 1. The van der Waals surface area contributed by atoms with Gasteiger partial charge in [0.15, 0.2) is 0 Å². The third kappa shape index (κ3) is 5.78. The van der Waals surface area contributed by atoms with Crippen LogP contribution in [0.15, 0.2) is 12.7 Å². The second kappa shape index (κ2) is 9.45. The van der Waals surface area contributed by atoms with Crippen LogP contribution in [-0.4, -0.2) is 54.7 Å². The Balaban J connectivity index is 2.74. The first kappa shape index (κ1) is 19.4. The van der Waals surface area contributed by atoms with E-state index in [4.69, 9.17) is 0 Å². The van der Waals surface area contributed by atoms with Gasteiger partial charge >= 0.3 is 0 Å². The molecule has 1 saturated heterocycles. The average molecular weight is 323 g/mol. The van der Waals surface area contributed by atoms with Gasteiger partial charge in [-0.3, -0.25) is 19.3 Å². The van der Waals surface area contributed by atoms with Crippen LogP contribution < -0.4 is 10.6 Å². The van der Waals surface area contributed by atoms with Crippen LogP contribution in [0.5, 0.6) is 0 Å². The molecule has 3 unspecified atom stereocenters. The van der Waals surface area contributed by atoms with E-state index in [1.165, 1.54) is 6.08 Å². The monoisotopic (exact) mass is 323 g/mol. The smallest absolute Gasteiger partial charge is 0.289 e. The van der Waals surface area contributed by atoms with Crippen LogP contribution >= 0.6 is 0 Å². The number of hydrogen-bond acceptors (Lipinski definition) is 4. The number of carbonyl (C=O) groups excluding carboxylic acids is 3. The van der Waals surface area contributed by atoms with Crippen molar-refractivity contribution in [1.82, 2.24) is 15.5 Å². The van der Waals surface area contributed by atoms with Crippen molar-refractivity contribution in [3.05, 3.63) is 12.7 Å². The highest BCUT2D eigenvalue weighted by atomic mass is 16.2. The summed E-state index contributed by atoms with van der Waals surface area (Å²) in [6.45, 7) is 8.65. The van der Waals surface area contributed by atoms with Gasteiger partial charge in [0.25, 0.3) is 5.91 Å². The lowest BCUT2D eigenvalue weighted by molar-refractivity contribution is -0.140. The zero-order chi connectivity index (χ0) is 17.4. The lowest BCUT2D eigenvalue weighted by Crippen LogP contribution is -2.52. The molecule has 0 aromatic rings. The zero-order valence-corrected chi connectivity index (χ0v) is 14.4. The molecule has 2 amide bonds. The molecule has 0 bridgehead atoms. The van der Waals surface area contributed by atoms with Crippen molar-refractivity contribution in [3.63, 3.8) is 0 Å². The van der Waals surface area contributed by atoms with E-state index in [-0.39, 0.29) is 24.4 Å². The summed E-state index contributed by atoms with van der Waals surface area (Å²) in [7, 11) is 1.90. The van der Waals surface area contributed by atoms with Gasteiger partial charge < -0.3 is 10.6 Å². The summed E-state index contributed by atoms with van der Waals surface area (Å²) in [5.41, 5.74) is 0. The highest BCUT2D eigenvalue weighted by Crippen LogP contribution is 2.16. The van der Waals surface area contributed by atoms with Crippen LogP contribution in [0.3, 0.4) is 0 Å². The Morgan fingerprint density at radius 3 is 2.61 bits per heavy atom. The van der Waals surface area contributed by atoms with Gasteiger partial charge in [0.2, 0.25) is 11.7 Å². The van der Waals surface area contributed by atoms with Gasteiger partial charge in [-0.2, -0.15) is 0 Å². The molecule has 0 saturated carbocycles. The number of hydrogen-bond donors (Lipinski definition) is 2. The van der Waals surface area contributed by atoms with Gasteiger partial charge in [0.05, 0.1) is 12.1 Å². The normalized spacial score (nSPS) is 20.6. The summed E-state index contributed by atoms with van der Waals surface area (Å²) in [5, 5.41) is 5.28. The van der Waals surface area contributed by atoms with Gasteiger partial charge in [-0.15, -0.1) is 6.58 Å². The van der Waals surface area contributed by atoms with Gasteiger partial charge in [-0.05, 0) is 38.8 Å². The van der Waals surface area contributed by atoms with Crippen LogP contribution in [0.1, 0.15) is 39.5 Å². The molecule has 1 heterocycles. The van der Waals surface area contributed by atoms with E-state index in [1.54, 1.807) is 0 Å². The summed E-state index contributed by atoms with van der Waals surface area (Å²) in [6, 6.07) is -0.977. The van der Waals surface area contributed by atoms with E-state index in [0.29, 0.717) is 6.42 Å². The van der Waals surface area contributed by atoms with E-state index < -0.39 is 17.7 Å². The van der Waals surface area contributed by atoms with E-state index >= 15 is 0 Å². The molecule has 130 valence electrons. The molecule has 1 rings (SSSR count). The van der Waals surface area contributed by atoms with Gasteiger partial charge in [-0.25, -0.2) is 0 Å². The number of ketones is 1. The Morgan fingerprint density at radius 2 is 2.09 bits per heavy atom. The zero-order valence-electron chi connectivity index (χ0n) is 14.4. The maximum absolute atomic E-state index is 12.4. The first-order chi connectivity index (χ1) is 10.9. The maximum Gasteiger partial charge on any atom is 0.289 e. The molecule has 6 nitrogen and oxygen atoms in total. The maximum atomic E-state index is 12.4. The van der Waals surface area contributed by atoms with E-state index in [1.807, 2.05) is 25.8 Å². The van der Waals surface area contributed by atoms with Crippen LogP contribution in [0, 0.1) is 5.92 Å². The Kier molecular flexibility index (Phi) is 7.95. The van der Waals surface area contributed by atoms with Gasteiger partial charge in [0.1, 0.15) is 0 Å². The van der Waals surface area contributed by atoms with E-state index in [9.17, 15) is 14.4 Å². The molecule has 6 heteroatoms. The molecule has 1 aliphatic rings. The molecule has 1 aliphatic heterocycles. The van der Waals surface area contributed by atoms with E-state index in [0.717, 1.165) is 25.8 Å². The van der Waals surface area contributed by atoms with Crippen LogP contribution in [0.25, 0.3) is 0 Å². The Morgan fingerprint density at radius 1 is 1.39 bits per heavy atom. The minimum atomic E-state index is -0.767. The second-order valence-corrected chi connectivity index (χ2v) is 6.31. The van der Waals surface area contributed by atoms with Crippen molar-refractivity contribution in [1.29, 1.82) is 0 Å². The number of nitrogens with zero attached hydrogens (tertiary/aromatic N) is 1. The van der Waals surface area contributed by atoms with Crippen molar-refractivity contribution in [2.24, 2.45) is 5.92 Å². The molecule has 23 heavy (non-hydrogen) atoms. The minimum absolute atomic E-state index is 0.164. The topological polar surface area (TPSA) is 78.5 Å². The fourth-order valence-corrected chi connectivity index (χ4v) is 2.72. The van der Waals surface area contributed by atoms with Crippen molar-refractivity contribution >= 4 is 17.6 Å². The van der Waals surface area contributed by atoms with Crippen LogP contribution in [0.4, 0.5) is 0 Å². The number of likely N-dealkylation sites (tertiary alicyclic amines) is 1. The number of nitrogens with one attached hydrogen (secondary N) is 2. The summed E-state index contributed by atoms with van der Waals surface area (Å²) in [5.74, 6) is -1.17. The molecule has 0 aliphatic carbocycles. The summed E-state index contributed by atoms with van der Waals surface area (Å²) >= 11 is 0. The lowest BCUT2D eigenvalue weighted by atomic mass is 9.96. The number of rotatable bonds is 9. The first-order valence-corrected chi connectivity index (χ1v) is 8.34. The predicted molar refractivity (Wildman–Crippen MR) is 89.9 cm³/mol. The van der Waals surface area contributed by atoms with E-state index in [2.05, 4.69) is 17.2 Å². The molecule has 0 aromatic carbocycles. The summed E-state index contributed by atoms with van der Waals surface area (Å²) in [4.78, 5) is 38.7. The molecule has 2 N–H and O–H groups in total. The Bertz CT molecular complexity index is 450. The van der Waals surface area contributed by atoms with Crippen molar-refractivity contribution < 1.29 is 14.4 Å². The highest BCUT2D eigenvalue weighted by Gasteiger charge is 2.33. The third-order valence-electron chi connectivity index (χ3n) is 4.42. The van der Waals surface area contributed by atoms with Crippen molar-refractivity contribution in [2.75, 3.05) is 20.1 Å². The average Bonchev–Trinajstić information content (AvgIpc) is 2.96. The van der Waals surface area contributed by atoms with Crippen molar-refractivity contribution in [2.45, 2.75) is 51.6 Å². The van der Waals surface area contributed by atoms with Crippen LogP contribution in [0.2, 0.25) is 0 Å². The first-order valence-electron chi connectivity index (χ1n) is 8.34. The van der Waals surface area contributed by atoms with Gasteiger partial charge in [0, 0.05) is 6.54 Å². The molecule has 1 fully saturated rings. The summed E-state index contributed by atoms with van der Waals surface area (Å²) in [6.07, 6.45) is 4.63. The van der Waals surface area contributed by atoms with Crippen LogP contribution in [-0.2, 0) is 14.4 Å². The Hall–Kier alpha value is -1.69. The Labute approximate surface area is 138 Å². The molecule has 3 atom stereocenters. The predicted octanol–water partition coefficient (Wildman–Crippen LogP) is 0.873. The minimum Gasteiger partial charge on any atom is -0.346 e. The molecule has 0 aromatic heterocycles. The molecular formula is C17H29N3O3. The largest absolute Gasteiger partial charge is 0.346 e. The number of amides is 2. The van der Waals surface area contributed by atoms with Crippen molar-refractivity contribution in [3.8, 4) is 0 Å². The second-order valence-electron chi connectivity index (χ2n) is 6.31. The number of carbonyl (C=O) groups is 3. The fourth-order valence-electron chi connectivity index (χ4n) is 2.72. The summed E-state index contributed by atoms with van der Waals surface area (Å²) < 4.78 is 0. The third-order valence-corrected chi connectivity index (χ3v) is 4.42. The quantitative estimate of drug-likeness (QED) is 0.487. The fraction of sp³-hybridized carbons (Fsp3) is 0.706. The lowest BCUT2D eigenvalue weighted by Gasteiger charge is -2.24. The standard InChI is InChI=1S/C17H29N3O3/c1-5-9-18-17(23)15(21)13(11-12(3)6-2)19-16(22)14-8-7-10-20(14)4/h5,12-14H,1,6-11H2,2-4H3,(H,18,23)(H,19,22). The highest BCUT2D eigenvalue weighted by molar-refractivity contribution is 6.38. The SMILES string of the molecule is C=CCNC(=O)C(=O)C(CC(C)CC)NC(=O)C1CCCN1C. The van der Waals surface area contributed by atoms with Gasteiger partial charge in [-0.1, -0.05) is 26.3 Å². The molecule has 0 spiro atoms. The molecule has 0 radical (unpaired) electrons. The molecular weight excluding hydrogens is 294 g/mol.